The summed E-state index contributed by atoms with van der Waals surface area (Å²) in [6.45, 7) is 5.35. The Balaban J connectivity index is 3.30. The van der Waals surface area contributed by atoms with Crippen LogP contribution in [-0.4, -0.2) is 19.1 Å². The predicted molar refractivity (Wildman–Crippen MR) is 59.9 cm³/mol. The Bertz CT molecular complexity index is 488. The fraction of sp³-hybridized carbons (Fsp3) is 0.400. The van der Waals surface area contributed by atoms with Crippen LogP contribution in [0.5, 0.6) is 11.5 Å². The first-order chi connectivity index (χ1) is 7.09. The predicted octanol–water partition coefficient (Wildman–Crippen LogP) is 1.22. The van der Waals surface area contributed by atoms with Gasteiger partial charge in [0, 0.05) is 6.07 Å². The van der Waals surface area contributed by atoms with Crippen molar-refractivity contribution in [2.24, 2.45) is 5.14 Å². The van der Waals surface area contributed by atoms with E-state index in [4.69, 9.17) is 9.88 Å². The van der Waals surface area contributed by atoms with E-state index in [0.717, 1.165) is 6.07 Å². The molecule has 0 aromatic heterocycles. The molecule has 0 heterocycles. The zero-order valence-electron chi connectivity index (χ0n) is 9.39. The summed E-state index contributed by atoms with van der Waals surface area (Å²) in [6, 6.07) is 3.78. The number of hydrogen-bond acceptors (Lipinski definition) is 4. The molecule has 1 aromatic carbocycles. The summed E-state index contributed by atoms with van der Waals surface area (Å²) in [5, 5.41) is 14.3. The van der Waals surface area contributed by atoms with Crippen LogP contribution < -0.4 is 9.88 Å². The summed E-state index contributed by atoms with van der Waals surface area (Å²) >= 11 is 0. The van der Waals surface area contributed by atoms with Crippen molar-refractivity contribution in [3.05, 3.63) is 18.2 Å². The van der Waals surface area contributed by atoms with Gasteiger partial charge in [0.05, 0.1) is 0 Å². The number of rotatable bonds is 2. The zero-order chi connectivity index (χ0) is 12.6. The minimum atomic E-state index is -3.91. The molecule has 0 aliphatic rings. The van der Waals surface area contributed by atoms with E-state index in [-0.39, 0.29) is 16.4 Å². The van der Waals surface area contributed by atoms with Crippen LogP contribution in [0, 0.1) is 0 Å². The zero-order valence-corrected chi connectivity index (χ0v) is 10.2. The van der Waals surface area contributed by atoms with Gasteiger partial charge >= 0.3 is 0 Å². The first kappa shape index (κ1) is 12.8. The van der Waals surface area contributed by atoms with Crippen molar-refractivity contribution in [1.82, 2.24) is 0 Å². The minimum Gasteiger partial charge on any atom is -0.508 e. The van der Waals surface area contributed by atoms with Crippen LogP contribution in [0.4, 0.5) is 0 Å². The number of sulfonamides is 1. The summed E-state index contributed by atoms with van der Waals surface area (Å²) < 4.78 is 28.0. The Hall–Kier alpha value is -1.27. The Morgan fingerprint density at radius 1 is 1.31 bits per heavy atom. The van der Waals surface area contributed by atoms with Gasteiger partial charge in [-0.3, -0.25) is 0 Å². The summed E-state index contributed by atoms with van der Waals surface area (Å²) in [5.74, 6) is -0.0434. The third kappa shape index (κ3) is 3.39. The summed E-state index contributed by atoms with van der Waals surface area (Å²) in [6.07, 6.45) is 0. The molecular formula is C10H15NO4S. The van der Waals surface area contributed by atoms with Crippen LogP contribution in [-0.2, 0) is 10.0 Å². The lowest BCUT2D eigenvalue weighted by atomic mass is 10.2. The van der Waals surface area contributed by atoms with Crippen molar-refractivity contribution in [3.63, 3.8) is 0 Å². The Morgan fingerprint density at radius 2 is 1.88 bits per heavy atom. The highest BCUT2D eigenvalue weighted by molar-refractivity contribution is 7.89. The van der Waals surface area contributed by atoms with Gasteiger partial charge in [0.2, 0.25) is 10.0 Å². The molecule has 0 fully saturated rings. The Labute approximate surface area is 94.9 Å². The largest absolute Gasteiger partial charge is 0.508 e. The molecule has 5 nitrogen and oxygen atoms in total. The third-order valence-corrected chi connectivity index (χ3v) is 2.58. The van der Waals surface area contributed by atoms with E-state index in [0.29, 0.717) is 0 Å². The molecule has 3 N–H and O–H groups in total. The Kier molecular flexibility index (Phi) is 3.16. The SMILES string of the molecule is CC(C)(C)Oc1ccc(O)cc1S(N)(=O)=O. The number of primary sulfonamides is 1. The minimum absolute atomic E-state index is 0.132. The summed E-state index contributed by atoms with van der Waals surface area (Å²) in [7, 11) is -3.91. The van der Waals surface area contributed by atoms with E-state index in [1.165, 1.54) is 12.1 Å². The van der Waals surface area contributed by atoms with Gasteiger partial charge in [-0.2, -0.15) is 0 Å². The maximum Gasteiger partial charge on any atom is 0.241 e. The molecule has 16 heavy (non-hydrogen) atoms. The van der Waals surface area contributed by atoms with E-state index >= 15 is 0 Å². The number of phenols is 1. The molecule has 0 aliphatic carbocycles. The number of phenolic OH excluding ortho intramolecular Hbond substituents is 1. The smallest absolute Gasteiger partial charge is 0.241 e. The lowest BCUT2D eigenvalue weighted by Gasteiger charge is -2.22. The second-order valence-electron chi connectivity index (χ2n) is 4.39. The maximum atomic E-state index is 11.3. The molecule has 6 heteroatoms. The topological polar surface area (TPSA) is 89.6 Å². The molecule has 90 valence electrons. The van der Waals surface area contributed by atoms with E-state index in [2.05, 4.69) is 0 Å². The number of benzene rings is 1. The fourth-order valence-electron chi connectivity index (χ4n) is 1.13. The van der Waals surface area contributed by atoms with Gasteiger partial charge in [0.15, 0.2) is 0 Å². The van der Waals surface area contributed by atoms with Crippen LogP contribution >= 0.6 is 0 Å². The number of hydrogen-bond donors (Lipinski definition) is 2. The molecule has 0 unspecified atom stereocenters. The van der Waals surface area contributed by atoms with E-state index in [1.54, 1.807) is 20.8 Å². The monoisotopic (exact) mass is 245 g/mol. The maximum absolute atomic E-state index is 11.3. The van der Waals surface area contributed by atoms with Gasteiger partial charge in [-0.1, -0.05) is 0 Å². The first-order valence-corrected chi connectivity index (χ1v) is 6.19. The van der Waals surface area contributed by atoms with E-state index in [1.807, 2.05) is 0 Å². The second-order valence-corrected chi connectivity index (χ2v) is 5.92. The highest BCUT2D eigenvalue weighted by Gasteiger charge is 2.20. The van der Waals surface area contributed by atoms with E-state index in [9.17, 15) is 13.5 Å². The normalized spacial score (nSPS) is 12.5. The summed E-state index contributed by atoms with van der Waals surface area (Å²) in [4.78, 5) is -0.220. The molecule has 0 aliphatic heterocycles. The molecule has 1 aromatic rings. The van der Waals surface area contributed by atoms with Crippen LogP contribution in [0.1, 0.15) is 20.8 Å². The average molecular weight is 245 g/mol. The van der Waals surface area contributed by atoms with Gasteiger partial charge < -0.3 is 9.84 Å². The van der Waals surface area contributed by atoms with Crippen molar-refractivity contribution in [3.8, 4) is 11.5 Å². The van der Waals surface area contributed by atoms with Crippen molar-refractivity contribution >= 4 is 10.0 Å². The second kappa shape index (κ2) is 3.95. The molecule has 0 bridgehead atoms. The molecule has 0 saturated carbocycles. The molecule has 0 amide bonds. The van der Waals surface area contributed by atoms with Gasteiger partial charge in [-0.15, -0.1) is 0 Å². The molecule has 0 saturated heterocycles. The standard InChI is InChI=1S/C10H15NO4S/c1-10(2,3)15-8-5-4-7(12)6-9(8)16(11,13)14/h4-6,12H,1-3H3,(H2,11,13,14). The highest BCUT2D eigenvalue weighted by atomic mass is 32.2. The van der Waals surface area contributed by atoms with Gasteiger partial charge in [-0.05, 0) is 32.9 Å². The molecular weight excluding hydrogens is 230 g/mol. The fourth-order valence-corrected chi connectivity index (χ4v) is 1.81. The average Bonchev–Trinajstić information content (AvgIpc) is 2.04. The van der Waals surface area contributed by atoms with Gasteiger partial charge in [0.25, 0.3) is 0 Å². The number of aromatic hydroxyl groups is 1. The molecule has 0 atom stereocenters. The molecule has 0 spiro atoms. The van der Waals surface area contributed by atoms with Gasteiger partial charge in [-0.25, -0.2) is 13.6 Å². The molecule has 1 rings (SSSR count). The summed E-state index contributed by atoms with van der Waals surface area (Å²) in [5.41, 5.74) is -0.545. The third-order valence-electron chi connectivity index (χ3n) is 1.65. The van der Waals surface area contributed by atoms with Crippen LogP contribution in [0.15, 0.2) is 23.1 Å². The van der Waals surface area contributed by atoms with Crippen LogP contribution in [0.3, 0.4) is 0 Å². The number of ether oxygens (including phenoxy) is 1. The van der Waals surface area contributed by atoms with Crippen molar-refractivity contribution in [2.45, 2.75) is 31.3 Å². The van der Waals surface area contributed by atoms with E-state index < -0.39 is 15.6 Å². The van der Waals surface area contributed by atoms with Gasteiger partial charge in [0.1, 0.15) is 22.0 Å². The van der Waals surface area contributed by atoms with Crippen molar-refractivity contribution in [1.29, 1.82) is 0 Å². The lowest BCUT2D eigenvalue weighted by molar-refractivity contribution is 0.126. The van der Waals surface area contributed by atoms with Crippen molar-refractivity contribution < 1.29 is 18.3 Å². The van der Waals surface area contributed by atoms with Crippen LogP contribution in [0.2, 0.25) is 0 Å². The number of nitrogens with two attached hydrogens (primary N) is 1. The highest BCUT2D eigenvalue weighted by Crippen LogP contribution is 2.29. The molecule has 0 radical (unpaired) electrons. The first-order valence-electron chi connectivity index (χ1n) is 4.64. The van der Waals surface area contributed by atoms with Crippen LogP contribution in [0.25, 0.3) is 0 Å². The Morgan fingerprint density at radius 3 is 2.31 bits per heavy atom. The van der Waals surface area contributed by atoms with Crippen molar-refractivity contribution in [2.75, 3.05) is 0 Å². The lowest BCUT2D eigenvalue weighted by Crippen LogP contribution is -2.25. The quantitative estimate of drug-likeness (QED) is 0.819.